The Hall–Kier alpha value is -1.87. The molecule has 1 heterocycles. The molecular formula is C15H18N2O3S. The summed E-state index contributed by atoms with van der Waals surface area (Å²) in [4.78, 5) is 13.7. The molecule has 1 saturated heterocycles. The number of carbonyl (C=O) groups excluding carboxylic acids is 1. The predicted octanol–water partition coefficient (Wildman–Crippen LogP) is 1.14. The average Bonchev–Trinajstić information content (AvgIpc) is 2.95. The van der Waals surface area contributed by atoms with Crippen molar-refractivity contribution in [2.24, 2.45) is 0 Å². The fourth-order valence-corrected chi connectivity index (χ4v) is 3.44. The molecule has 0 N–H and O–H groups in total. The lowest BCUT2D eigenvalue weighted by molar-refractivity contribution is -0.130. The molecule has 1 amide bonds. The van der Waals surface area contributed by atoms with Gasteiger partial charge in [0.1, 0.15) is 0 Å². The molecule has 5 nitrogen and oxygen atoms in total. The summed E-state index contributed by atoms with van der Waals surface area (Å²) in [5.41, 5.74) is 1.60. The van der Waals surface area contributed by atoms with Gasteiger partial charge >= 0.3 is 0 Å². The first kappa shape index (κ1) is 15.5. The largest absolute Gasteiger partial charge is 0.341 e. The molecular weight excluding hydrogens is 288 g/mol. The third-order valence-corrected chi connectivity index (χ3v) is 5.41. The summed E-state index contributed by atoms with van der Waals surface area (Å²) in [6.45, 7) is 0.828. The first-order valence-electron chi connectivity index (χ1n) is 6.86. The van der Waals surface area contributed by atoms with Crippen LogP contribution in [-0.4, -0.2) is 43.8 Å². The van der Waals surface area contributed by atoms with Crippen molar-refractivity contribution < 1.29 is 13.2 Å². The van der Waals surface area contributed by atoms with E-state index in [2.05, 4.69) is 6.07 Å². The number of rotatable bonds is 4. The first-order valence-corrected chi connectivity index (χ1v) is 8.81. The van der Waals surface area contributed by atoms with Gasteiger partial charge in [-0.2, -0.15) is 5.26 Å². The number of aryl methyl sites for hydroxylation is 1. The van der Waals surface area contributed by atoms with Crippen LogP contribution in [-0.2, 0) is 21.1 Å². The van der Waals surface area contributed by atoms with E-state index in [0.29, 0.717) is 37.9 Å². The number of benzene rings is 1. The van der Waals surface area contributed by atoms with E-state index in [1.54, 1.807) is 17.0 Å². The highest BCUT2D eigenvalue weighted by Gasteiger charge is 2.32. The molecule has 0 radical (unpaired) electrons. The Labute approximate surface area is 125 Å². The van der Waals surface area contributed by atoms with Crippen LogP contribution >= 0.6 is 0 Å². The molecule has 1 aliphatic heterocycles. The molecule has 0 bridgehead atoms. The van der Waals surface area contributed by atoms with Gasteiger partial charge in [-0.15, -0.1) is 0 Å². The Bertz CT molecular complexity index is 659. The highest BCUT2D eigenvalue weighted by atomic mass is 32.2. The fourth-order valence-electron chi connectivity index (χ4n) is 2.46. The van der Waals surface area contributed by atoms with Gasteiger partial charge in [0.15, 0.2) is 9.84 Å². The Kier molecular flexibility index (Phi) is 4.63. The van der Waals surface area contributed by atoms with Crippen LogP contribution in [0.4, 0.5) is 0 Å². The minimum atomic E-state index is -3.07. The number of sulfone groups is 1. The van der Waals surface area contributed by atoms with Gasteiger partial charge in [0, 0.05) is 25.8 Å². The van der Waals surface area contributed by atoms with E-state index in [0.717, 1.165) is 5.56 Å². The molecule has 21 heavy (non-hydrogen) atoms. The smallest absolute Gasteiger partial charge is 0.222 e. The molecule has 2 rings (SSSR count). The number of hydrogen-bond acceptors (Lipinski definition) is 4. The van der Waals surface area contributed by atoms with Crippen molar-refractivity contribution in [3.8, 4) is 6.07 Å². The summed E-state index contributed by atoms with van der Waals surface area (Å²) >= 11 is 0. The lowest BCUT2D eigenvalue weighted by atomic mass is 10.1. The van der Waals surface area contributed by atoms with E-state index in [4.69, 9.17) is 5.26 Å². The zero-order valence-electron chi connectivity index (χ0n) is 11.9. The Balaban J connectivity index is 1.87. The van der Waals surface area contributed by atoms with Crippen LogP contribution in [0.1, 0.15) is 24.0 Å². The Morgan fingerprint density at radius 1 is 1.38 bits per heavy atom. The zero-order valence-corrected chi connectivity index (χ0v) is 12.8. The number of carbonyl (C=O) groups is 1. The maximum atomic E-state index is 12.1. The molecule has 0 spiro atoms. The SMILES string of the molecule is CS(=O)(=O)C1CCN(C(=O)CCc2ccc(C#N)cc2)C1. The Morgan fingerprint density at radius 2 is 2.05 bits per heavy atom. The van der Waals surface area contributed by atoms with Crippen molar-refractivity contribution in [2.45, 2.75) is 24.5 Å². The van der Waals surface area contributed by atoms with Crippen molar-refractivity contribution in [3.63, 3.8) is 0 Å². The van der Waals surface area contributed by atoms with E-state index in [1.807, 2.05) is 12.1 Å². The van der Waals surface area contributed by atoms with Gasteiger partial charge in [-0.05, 0) is 30.5 Å². The summed E-state index contributed by atoms with van der Waals surface area (Å²) in [5.74, 6) is -0.00879. The van der Waals surface area contributed by atoms with Crippen molar-refractivity contribution in [1.29, 1.82) is 5.26 Å². The average molecular weight is 306 g/mol. The van der Waals surface area contributed by atoms with Crippen LogP contribution in [0.25, 0.3) is 0 Å². The summed E-state index contributed by atoms with van der Waals surface area (Å²) < 4.78 is 23.0. The molecule has 1 atom stereocenters. The van der Waals surface area contributed by atoms with Gasteiger partial charge in [-0.3, -0.25) is 4.79 Å². The number of nitriles is 1. The summed E-state index contributed by atoms with van der Waals surface area (Å²) in [6, 6.07) is 9.20. The normalized spacial score (nSPS) is 18.5. The molecule has 1 unspecified atom stereocenters. The van der Waals surface area contributed by atoms with Gasteiger partial charge in [-0.1, -0.05) is 12.1 Å². The summed E-state index contributed by atoms with van der Waals surface area (Å²) in [7, 11) is -3.07. The van der Waals surface area contributed by atoms with Crippen LogP contribution in [0.3, 0.4) is 0 Å². The second-order valence-corrected chi connectivity index (χ2v) is 7.71. The minimum absolute atomic E-state index is 0.00879. The van der Waals surface area contributed by atoms with Gasteiger partial charge in [0.05, 0.1) is 16.9 Å². The van der Waals surface area contributed by atoms with Crippen LogP contribution < -0.4 is 0 Å². The van der Waals surface area contributed by atoms with E-state index in [1.165, 1.54) is 6.26 Å². The molecule has 112 valence electrons. The molecule has 1 aromatic rings. The number of likely N-dealkylation sites (tertiary alicyclic amines) is 1. The molecule has 0 saturated carbocycles. The highest BCUT2D eigenvalue weighted by Crippen LogP contribution is 2.17. The standard InChI is InChI=1S/C15H18N2O3S/c1-21(19,20)14-8-9-17(11-14)15(18)7-6-12-2-4-13(10-16)5-3-12/h2-5,14H,6-9,11H2,1H3. The topological polar surface area (TPSA) is 78.2 Å². The molecule has 1 fully saturated rings. The van der Waals surface area contributed by atoms with Gasteiger partial charge < -0.3 is 4.90 Å². The van der Waals surface area contributed by atoms with Crippen molar-refractivity contribution in [2.75, 3.05) is 19.3 Å². The van der Waals surface area contributed by atoms with Crippen LogP contribution in [0, 0.1) is 11.3 Å². The zero-order chi connectivity index (χ0) is 15.5. The lowest BCUT2D eigenvalue weighted by Gasteiger charge is -2.16. The summed E-state index contributed by atoms with van der Waals surface area (Å²) in [6.07, 6.45) is 2.72. The van der Waals surface area contributed by atoms with Gasteiger partial charge in [0.25, 0.3) is 0 Å². The minimum Gasteiger partial charge on any atom is -0.341 e. The predicted molar refractivity (Wildman–Crippen MR) is 79.3 cm³/mol. The third kappa shape index (κ3) is 4.05. The molecule has 6 heteroatoms. The van der Waals surface area contributed by atoms with Crippen LogP contribution in [0.15, 0.2) is 24.3 Å². The van der Waals surface area contributed by atoms with E-state index in [-0.39, 0.29) is 5.91 Å². The monoisotopic (exact) mass is 306 g/mol. The van der Waals surface area contributed by atoms with E-state index < -0.39 is 15.1 Å². The maximum absolute atomic E-state index is 12.1. The fraction of sp³-hybridized carbons (Fsp3) is 0.467. The number of amides is 1. The second-order valence-electron chi connectivity index (χ2n) is 5.39. The van der Waals surface area contributed by atoms with Crippen molar-refractivity contribution in [3.05, 3.63) is 35.4 Å². The molecule has 0 aromatic heterocycles. The lowest BCUT2D eigenvalue weighted by Crippen LogP contribution is -2.31. The Morgan fingerprint density at radius 3 is 2.57 bits per heavy atom. The quantitative estimate of drug-likeness (QED) is 0.835. The van der Waals surface area contributed by atoms with E-state index in [9.17, 15) is 13.2 Å². The second kappa shape index (κ2) is 6.27. The first-order chi connectivity index (χ1) is 9.90. The number of hydrogen-bond donors (Lipinski definition) is 0. The molecule has 0 aliphatic carbocycles. The maximum Gasteiger partial charge on any atom is 0.222 e. The third-order valence-electron chi connectivity index (χ3n) is 3.81. The van der Waals surface area contributed by atoms with Crippen LogP contribution in [0.5, 0.6) is 0 Å². The van der Waals surface area contributed by atoms with Crippen molar-refractivity contribution >= 4 is 15.7 Å². The highest BCUT2D eigenvalue weighted by molar-refractivity contribution is 7.91. The number of nitrogens with zero attached hydrogens (tertiary/aromatic N) is 2. The molecule has 1 aliphatic rings. The van der Waals surface area contributed by atoms with Crippen LogP contribution in [0.2, 0.25) is 0 Å². The van der Waals surface area contributed by atoms with E-state index >= 15 is 0 Å². The molecule has 1 aromatic carbocycles. The van der Waals surface area contributed by atoms with Gasteiger partial charge in [-0.25, -0.2) is 8.42 Å². The summed E-state index contributed by atoms with van der Waals surface area (Å²) in [5, 5.41) is 8.30. The van der Waals surface area contributed by atoms with Crippen molar-refractivity contribution in [1.82, 2.24) is 4.90 Å². The van der Waals surface area contributed by atoms with Gasteiger partial charge in [0.2, 0.25) is 5.91 Å².